The van der Waals surface area contributed by atoms with E-state index in [0.717, 1.165) is 38.2 Å². The number of ether oxygens (including phenoxy) is 1. The molecule has 0 radical (unpaired) electrons. The van der Waals surface area contributed by atoms with Crippen molar-refractivity contribution in [2.24, 2.45) is 5.92 Å². The first-order chi connectivity index (χ1) is 10.8. The van der Waals surface area contributed by atoms with E-state index in [2.05, 4.69) is 17.2 Å². The molecule has 128 valence electrons. The first kappa shape index (κ1) is 17.7. The molecule has 1 N–H and O–H groups in total. The van der Waals surface area contributed by atoms with Gasteiger partial charge in [0.1, 0.15) is 5.60 Å². The molecule has 1 aliphatic heterocycles. The molecule has 0 bridgehead atoms. The molecule has 1 fully saturated rings. The molecule has 1 amide bonds. The zero-order valence-corrected chi connectivity index (χ0v) is 14.7. The van der Waals surface area contributed by atoms with Crippen LogP contribution >= 0.6 is 0 Å². The Kier molecular flexibility index (Phi) is 5.99. The summed E-state index contributed by atoms with van der Waals surface area (Å²) < 4.78 is 5.48. The van der Waals surface area contributed by atoms with Crippen LogP contribution in [0.2, 0.25) is 0 Å². The van der Waals surface area contributed by atoms with Crippen molar-refractivity contribution in [1.29, 1.82) is 0 Å². The minimum absolute atomic E-state index is 0.194. The Labute approximate surface area is 139 Å². The van der Waals surface area contributed by atoms with Gasteiger partial charge in [-0.1, -0.05) is 6.07 Å². The molecule has 1 aromatic rings. The van der Waals surface area contributed by atoms with Crippen LogP contribution in [0.3, 0.4) is 0 Å². The average molecular weight is 319 g/mol. The molecule has 0 aromatic carbocycles. The number of likely N-dealkylation sites (tertiary alicyclic amines) is 1. The van der Waals surface area contributed by atoms with Crippen LogP contribution in [0.5, 0.6) is 0 Å². The third kappa shape index (κ3) is 5.82. The SMILES string of the molecule is C[C@@H](NC[C@H]1CCCN(C(=O)OC(C)(C)C)C1)c1ccccn1. The minimum atomic E-state index is -0.435. The Morgan fingerprint density at radius 3 is 2.91 bits per heavy atom. The van der Waals surface area contributed by atoms with Gasteiger partial charge >= 0.3 is 6.09 Å². The summed E-state index contributed by atoms with van der Waals surface area (Å²) in [6, 6.07) is 6.18. The van der Waals surface area contributed by atoms with Gasteiger partial charge in [0.25, 0.3) is 0 Å². The lowest BCUT2D eigenvalue weighted by atomic mass is 9.98. The lowest BCUT2D eigenvalue weighted by Gasteiger charge is -2.34. The number of carbonyl (C=O) groups excluding carboxylic acids is 1. The Hall–Kier alpha value is -1.62. The first-order valence-corrected chi connectivity index (χ1v) is 8.47. The van der Waals surface area contributed by atoms with Crippen LogP contribution in [0.25, 0.3) is 0 Å². The first-order valence-electron chi connectivity index (χ1n) is 8.47. The number of amides is 1. The number of carbonyl (C=O) groups is 1. The summed E-state index contributed by atoms with van der Waals surface area (Å²) in [5.74, 6) is 0.461. The molecule has 5 nitrogen and oxygen atoms in total. The summed E-state index contributed by atoms with van der Waals surface area (Å²) in [6.45, 7) is 10.3. The second-order valence-corrected chi connectivity index (χ2v) is 7.32. The van der Waals surface area contributed by atoms with Crippen LogP contribution < -0.4 is 5.32 Å². The van der Waals surface area contributed by atoms with E-state index in [1.165, 1.54) is 0 Å². The average Bonchev–Trinajstić information content (AvgIpc) is 2.52. The third-order valence-electron chi connectivity index (χ3n) is 4.01. The normalized spacial score (nSPS) is 20.2. The van der Waals surface area contributed by atoms with Crippen molar-refractivity contribution in [1.82, 2.24) is 15.2 Å². The van der Waals surface area contributed by atoms with Gasteiger partial charge in [0.05, 0.1) is 5.69 Å². The summed E-state index contributed by atoms with van der Waals surface area (Å²) in [5.41, 5.74) is 0.614. The summed E-state index contributed by atoms with van der Waals surface area (Å²) in [7, 11) is 0. The van der Waals surface area contributed by atoms with E-state index < -0.39 is 5.60 Å². The monoisotopic (exact) mass is 319 g/mol. The molecule has 2 atom stereocenters. The van der Waals surface area contributed by atoms with Gasteiger partial charge < -0.3 is 15.0 Å². The van der Waals surface area contributed by atoms with E-state index >= 15 is 0 Å². The zero-order valence-electron chi connectivity index (χ0n) is 14.7. The van der Waals surface area contributed by atoms with Crippen LogP contribution in [0.1, 0.15) is 52.3 Å². The van der Waals surface area contributed by atoms with E-state index in [1.807, 2.05) is 50.1 Å². The number of hydrogen-bond donors (Lipinski definition) is 1. The highest BCUT2D eigenvalue weighted by molar-refractivity contribution is 5.68. The van der Waals surface area contributed by atoms with Crippen molar-refractivity contribution in [3.8, 4) is 0 Å². The van der Waals surface area contributed by atoms with Gasteiger partial charge in [-0.3, -0.25) is 4.98 Å². The number of nitrogens with zero attached hydrogens (tertiary/aromatic N) is 2. The molecule has 2 rings (SSSR count). The molecule has 0 spiro atoms. The van der Waals surface area contributed by atoms with E-state index in [-0.39, 0.29) is 12.1 Å². The standard InChI is InChI=1S/C18H29N3O2/c1-14(16-9-5-6-10-19-16)20-12-15-8-7-11-21(13-15)17(22)23-18(2,3)4/h5-6,9-10,14-15,20H,7-8,11-13H2,1-4H3/t14-,15-/m1/s1. The van der Waals surface area contributed by atoms with Crippen molar-refractivity contribution in [2.75, 3.05) is 19.6 Å². The summed E-state index contributed by atoms with van der Waals surface area (Å²) in [6.07, 6.45) is 3.79. The maximum atomic E-state index is 12.2. The number of pyridine rings is 1. The van der Waals surface area contributed by atoms with Crippen molar-refractivity contribution >= 4 is 6.09 Å². The van der Waals surface area contributed by atoms with Gasteiger partial charge in [-0.25, -0.2) is 4.79 Å². The number of nitrogens with one attached hydrogen (secondary N) is 1. The van der Waals surface area contributed by atoms with Crippen LogP contribution in [-0.4, -0.2) is 41.2 Å². The molecule has 1 aliphatic rings. The molecular weight excluding hydrogens is 290 g/mol. The van der Waals surface area contributed by atoms with Crippen molar-refractivity contribution < 1.29 is 9.53 Å². The molecule has 23 heavy (non-hydrogen) atoms. The van der Waals surface area contributed by atoms with Crippen molar-refractivity contribution in [3.63, 3.8) is 0 Å². The largest absolute Gasteiger partial charge is 0.444 e. The van der Waals surface area contributed by atoms with Gasteiger partial charge in [0, 0.05) is 31.9 Å². The summed E-state index contributed by atoms with van der Waals surface area (Å²) in [5, 5.41) is 3.54. The number of hydrogen-bond acceptors (Lipinski definition) is 4. The Morgan fingerprint density at radius 1 is 1.48 bits per heavy atom. The molecule has 0 aliphatic carbocycles. The van der Waals surface area contributed by atoms with Crippen LogP contribution in [0.15, 0.2) is 24.4 Å². The second-order valence-electron chi connectivity index (χ2n) is 7.32. The smallest absolute Gasteiger partial charge is 0.410 e. The number of rotatable bonds is 4. The van der Waals surface area contributed by atoms with Gasteiger partial charge in [-0.05, 0) is 58.6 Å². The van der Waals surface area contributed by atoms with Gasteiger partial charge in [0.2, 0.25) is 0 Å². The van der Waals surface area contributed by atoms with Gasteiger partial charge in [-0.2, -0.15) is 0 Å². The predicted molar refractivity (Wildman–Crippen MR) is 91.2 cm³/mol. The third-order valence-corrected chi connectivity index (χ3v) is 4.01. The maximum absolute atomic E-state index is 12.2. The zero-order chi connectivity index (χ0) is 16.9. The number of aromatic nitrogens is 1. The second kappa shape index (κ2) is 7.77. The maximum Gasteiger partial charge on any atom is 0.410 e. The predicted octanol–water partition coefficient (Wildman–Crippen LogP) is 3.38. The topological polar surface area (TPSA) is 54.5 Å². The highest BCUT2D eigenvalue weighted by Gasteiger charge is 2.27. The van der Waals surface area contributed by atoms with E-state index in [1.54, 1.807) is 0 Å². The molecule has 1 aromatic heterocycles. The molecule has 0 saturated carbocycles. The molecular formula is C18H29N3O2. The fourth-order valence-electron chi connectivity index (χ4n) is 2.80. The molecule has 1 saturated heterocycles. The van der Waals surface area contributed by atoms with E-state index in [0.29, 0.717) is 5.92 Å². The van der Waals surface area contributed by atoms with Crippen molar-refractivity contribution in [3.05, 3.63) is 30.1 Å². The Morgan fingerprint density at radius 2 is 2.26 bits per heavy atom. The number of piperidine rings is 1. The molecule has 2 heterocycles. The highest BCUT2D eigenvalue weighted by atomic mass is 16.6. The summed E-state index contributed by atoms with van der Waals surface area (Å²) in [4.78, 5) is 18.4. The lowest BCUT2D eigenvalue weighted by molar-refractivity contribution is 0.0165. The minimum Gasteiger partial charge on any atom is -0.444 e. The van der Waals surface area contributed by atoms with Gasteiger partial charge in [-0.15, -0.1) is 0 Å². The highest BCUT2D eigenvalue weighted by Crippen LogP contribution is 2.20. The van der Waals surface area contributed by atoms with Gasteiger partial charge in [0.15, 0.2) is 0 Å². The van der Waals surface area contributed by atoms with Crippen LogP contribution in [0.4, 0.5) is 4.79 Å². The van der Waals surface area contributed by atoms with Crippen LogP contribution in [-0.2, 0) is 4.74 Å². The van der Waals surface area contributed by atoms with E-state index in [9.17, 15) is 4.79 Å². The Balaban J connectivity index is 1.81. The van der Waals surface area contributed by atoms with Crippen molar-refractivity contribution in [2.45, 2.75) is 52.2 Å². The Bertz CT molecular complexity index is 499. The fourth-order valence-corrected chi connectivity index (χ4v) is 2.80. The quantitative estimate of drug-likeness (QED) is 0.924. The fraction of sp³-hybridized carbons (Fsp3) is 0.667. The molecule has 0 unspecified atom stereocenters. The molecule has 5 heteroatoms. The van der Waals surface area contributed by atoms with Crippen LogP contribution in [0, 0.1) is 5.92 Å². The lowest BCUT2D eigenvalue weighted by Crippen LogP contribution is -2.45. The summed E-state index contributed by atoms with van der Waals surface area (Å²) >= 11 is 0. The van der Waals surface area contributed by atoms with E-state index in [4.69, 9.17) is 4.74 Å².